The lowest BCUT2D eigenvalue weighted by atomic mass is 10.7. The maximum atomic E-state index is 5.70. The number of hydrogen-bond acceptors (Lipinski definition) is 3. The van der Waals surface area contributed by atoms with Gasteiger partial charge in [-0.15, -0.1) is 0 Å². The summed E-state index contributed by atoms with van der Waals surface area (Å²) in [6.07, 6.45) is 5.00. The first-order chi connectivity index (χ1) is 6.25. The van der Waals surface area contributed by atoms with Gasteiger partial charge in [0.05, 0.1) is 10.7 Å². The van der Waals surface area contributed by atoms with E-state index in [2.05, 4.69) is 31.0 Å². The Hall–Kier alpha value is -0.940. The van der Waals surface area contributed by atoms with Gasteiger partial charge < -0.3 is 0 Å². The quantitative estimate of drug-likeness (QED) is 0.737. The molecule has 0 fully saturated rings. The second kappa shape index (κ2) is 3.43. The highest BCUT2D eigenvalue weighted by Gasteiger charge is 2.01. The third-order valence-corrected chi connectivity index (χ3v) is 1.98. The number of aromatic nitrogens is 4. The van der Waals surface area contributed by atoms with Gasteiger partial charge in [0.1, 0.15) is 5.15 Å². The van der Waals surface area contributed by atoms with Crippen molar-refractivity contribution in [2.75, 3.05) is 0 Å². The number of rotatable bonds is 1. The first kappa shape index (κ1) is 8.65. The topological polar surface area (TPSA) is 43.6 Å². The Morgan fingerprint density at radius 2 is 2.31 bits per heavy atom. The number of nitrogens with zero attached hydrogens (tertiary/aromatic N) is 4. The zero-order valence-corrected chi connectivity index (χ0v) is 8.70. The fraction of sp³-hybridized carbons (Fsp3) is 0. The van der Waals surface area contributed by atoms with E-state index in [0.717, 1.165) is 4.47 Å². The van der Waals surface area contributed by atoms with Gasteiger partial charge in [-0.25, -0.2) is 9.67 Å². The van der Waals surface area contributed by atoms with Crippen LogP contribution in [0.15, 0.2) is 29.1 Å². The minimum Gasteiger partial charge on any atom is -0.220 e. The molecule has 0 atom stereocenters. The third-order valence-electron chi connectivity index (χ3n) is 1.36. The summed E-state index contributed by atoms with van der Waals surface area (Å²) in [7, 11) is 0. The van der Waals surface area contributed by atoms with Gasteiger partial charge >= 0.3 is 0 Å². The average Bonchev–Trinajstić information content (AvgIpc) is 2.52. The van der Waals surface area contributed by atoms with Crippen LogP contribution >= 0.6 is 27.5 Å². The van der Waals surface area contributed by atoms with Crippen molar-refractivity contribution in [3.8, 4) is 5.95 Å². The predicted molar refractivity (Wildman–Crippen MR) is 51.9 cm³/mol. The van der Waals surface area contributed by atoms with Crippen molar-refractivity contribution < 1.29 is 0 Å². The van der Waals surface area contributed by atoms with Gasteiger partial charge in [0.15, 0.2) is 0 Å². The predicted octanol–water partition coefficient (Wildman–Crippen LogP) is 2.08. The first-order valence-electron chi connectivity index (χ1n) is 3.45. The fourth-order valence-electron chi connectivity index (χ4n) is 0.848. The van der Waals surface area contributed by atoms with Crippen LogP contribution in [0, 0.1) is 0 Å². The zero-order valence-electron chi connectivity index (χ0n) is 6.35. The Kier molecular flexibility index (Phi) is 2.28. The van der Waals surface area contributed by atoms with Gasteiger partial charge in [0.25, 0.3) is 5.95 Å². The largest absolute Gasteiger partial charge is 0.251 e. The fourth-order valence-corrected chi connectivity index (χ4v) is 1.27. The molecular formula is C7H4BrClN4. The van der Waals surface area contributed by atoms with E-state index < -0.39 is 0 Å². The molecule has 6 heteroatoms. The van der Waals surface area contributed by atoms with E-state index in [9.17, 15) is 0 Å². The van der Waals surface area contributed by atoms with Gasteiger partial charge in [-0.1, -0.05) is 11.6 Å². The van der Waals surface area contributed by atoms with Crippen LogP contribution in [-0.2, 0) is 0 Å². The summed E-state index contributed by atoms with van der Waals surface area (Å²) in [4.78, 5) is 8.00. The molecule has 0 spiro atoms. The van der Waals surface area contributed by atoms with Crippen LogP contribution < -0.4 is 0 Å². The molecule has 4 nitrogen and oxygen atoms in total. The van der Waals surface area contributed by atoms with Gasteiger partial charge in [0.2, 0.25) is 0 Å². The van der Waals surface area contributed by atoms with Crippen LogP contribution in [0.2, 0.25) is 5.15 Å². The van der Waals surface area contributed by atoms with Gasteiger partial charge in [-0.2, -0.15) is 10.1 Å². The van der Waals surface area contributed by atoms with Crippen LogP contribution in [0.4, 0.5) is 0 Å². The molecule has 2 aromatic rings. The molecule has 0 aliphatic rings. The lowest BCUT2D eigenvalue weighted by Gasteiger charge is -1.97. The van der Waals surface area contributed by atoms with Crippen molar-refractivity contribution in [3.05, 3.63) is 34.3 Å². The molecule has 0 aliphatic carbocycles. The van der Waals surface area contributed by atoms with E-state index in [1.54, 1.807) is 24.7 Å². The Labute approximate surface area is 87.7 Å². The summed E-state index contributed by atoms with van der Waals surface area (Å²) >= 11 is 8.97. The molecular weight excluding hydrogens is 255 g/mol. The van der Waals surface area contributed by atoms with Crippen LogP contribution in [0.1, 0.15) is 0 Å². The van der Waals surface area contributed by atoms with Crippen molar-refractivity contribution in [3.63, 3.8) is 0 Å². The zero-order chi connectivity index (χ0) is 9.26. The molecule has 0 saturated heterocycles. The standard InChI is InChI=1S/C7H4BrClN4/c8-5-3-11-13(4-5)7-10-2-1-6(9)12-7/h1-4H. The molecule has 0 amide bonds. The van der Waals surface area contributed by atoms with E-state index >= 15 is 0 Å². The minimum atomic E-state index is 0.400. The van der Waals surface area contributed by atoms with E-state index in [1.807, 2.05) is 0 Å². The monoisotopic (exact) mass is 258 g/mol. The van der Waals surface area contributed by atoms with Gasteiger partial charge in [-0.3, -0.25) is 0 Å². The second-order valence-corrected chi connectivity index (χ2v) is 3.59. The molecule has 66 valence electrons. The molecule has 0 aromatic carbocycles. The van der Waals surface area contributed by atoms with E-state index in [4.69, 9.17) is 11.6 Å². The summed E-state index contributed by atoms with van der Waals surface area (Å²) in [5, 5.41) is 4.41. The minimum absolute atomic E-state index is 0.400. The highest BCUT2D eigenvalue weighted by Crippen LogP contribution is 2.10. The Bertz CT molecular complexity index is 428. The highest BCUT2D eigenvalue weighted by atomic mass is 79.9. The Morgan fingerprint density at radius 3 is 2.92 bits per heavy atom. The smallest absolute Gasteiger partial charge is 0.220 e. The molecule has 0 radical (unpaired) electrons. The summed E-state index contributed by atoms with van der Waals surface area (Å²) < 4.78 is 2.41. The van der Waals surface area contributed by atoms with E-state index in [-0.39, 0.29) is 0 Å². The second-order valence-electron chi connectivity index (χ2n) is 2.28. The molecule has 0 unspecified atom stereocenters. The average molecular weight is 259 g/mol. The molecule has 0 bridgehead atoms. The van der Waals surface area contributed by atoms with Gasteiger partial charge in [-0.05, 0) is 22.0 Å². The van der Waals surface area contributed by atoms with Crippen molar-refractivity contribution in [1.29, 1.82) is 0 Å². The normalized spacial score (nSPS) is 10.3. The SMILES string of the molecule is Clc1ccnc(-n2cc(Br)cn2)n1. The van der Waals surface area contributed by atoms with Crippen LogP contribution in [0.25, 0.3) is 5.95 Å². The van der Waals surface area contributed by atoms with Crippen LogP contribution in [0.5, 0.6) is 0 Å². The Morgan fingerprint density at radius 1 is 1.46 bits per heavy atom. The molecule has 2 heterocycles. The van der Waals surface area contributed by atoms with E-state index in [1.165, 1.54) is 4.68 Å². The van der Waals surface area contributed by atoms with Crippen LogP contribution in [-0.4, -0.2) is 19.7 Å². The summed E-state index contributed by atoms with van der Waals surface area (Å²) in [6.45, 7) is 0. The first-order valence-corrected chi connectivity index (χ1v) is 4.62. The summed E-state index contributed by atoms with van der Waals surface area (Å²) in [6, 6.07) is 1.61. The lowest BCUT2D eigenvalue weighted by molar-refractivity contribution is 0.808. The van der Waals surface area contributed by atoms with Crippen molar-refractivity contribution in [2.24, 2.45) is 0 Å². The maximum Gasteiger partial charge on any atom is 0.251 e. The number of halogens is 2. The molecule has 0 N–H and O–H groups in total. The van der Waals surface area contributed by atoms with Crippen LogP contribution in [0.3, 0.4) is 0 Å². The molecule has 0 saturated carbocycles. The third kappa shape index (κ3) is 1.87. The molecule has 2 aromatic heterocycles. The number of hydrogen-bond donors (Lipinski definition) is 0. The maximum absolute atomic E-state index is 5.70. The van der Waals surface area contributed by atoms with E-state index in [0.29, 0.717) is 11.1 Å². The molecule has 2 rings (SSSR count). The highest BCUT2D eigenvalue weighted by molar-refractivity contribution is 9.10. The van der Waals surface area contributed by atoms with Gasteiger partial charge in [0, 0.05) is 12.4 Å². The summed E-state index contributed by atoms with van der Waals surface area (Å²) in [5.41, 5.74) is 0. The van der Waals surface area contributed by atoms with Crippen molar-refractivity contribution >= 4 is 27.5 Å². The van der Waals surface area contributed by atoms with Crippen molar-refractivity contribution in [2.45, 2.75) is 0 Å². The molecule has 0 aliphatic heterocycles. The summed E-state index contributed by atoms with van der Waals surface area (Å²) in [5.74, 6) is 0.457. The molecule has 13 heavy (non-hydrogen) atoms. The Balaban J connectivity index is 2.46. The lowest BCUT2D eigenvalue weighted by Crippen LogP contribution is -2.00. The van der Waals surface area contributed by atoms with Crippen molar-refractivity contribution in [1.82, 2.24) is 19.7 Å².